The number of fused-ring (bicyclic) bond motifs is 2. The number of benzene rings is 1. The highest BCUT2D eigenvalue weighted by Gasteiger charge is 2.47. The average molecular weight is 174 g/mol. The Labute approximate surface area is 78.7 Å². The molecule has 0 radical (unpaired) electrons. The molecule has 3 atom stereocenters. The van der Waals surface area contributed by atoms with Crippen molar-refractivity contribution in [3.05, 3.63) is 35.4 Å². The Balaban J connectivity index is 2.06. The Kier molecular flexibility index (Phi) is 1.50. The number of rotatable bonds is 1. The van der Waals surface area contributed by atoms with Crippen molar-refractivity contribution in [2.45, 2.75) is 18.9 Å². The van der Waals surface area contributed by atoms with Crippen molar-refractivity contribution in [2.24, 2.45) is 11.8 Å². The first-order chi connectivity index (χ1) is 6.40. The van der Waals surface area contributed by atoms with Gasteiger partial charge in [0.25, 0.3) is 0 Å². The van der Waals surface area contributed by atoms with Gasteiger partial charge in [-0.1, -0.05) is 24.3 Å². The quantitative estimate of drug-likeness (QED) is 0.635. The molecule has 0 bridgehead atoms. The molecule has 1 aromatic carbocycles. The van der Waals surface area contributed by atoms with Crippen molar-refractivity contribution in [3.8, 4) is 0 Å². The molecule has 2 aliphatic rings. The molecule has 1 heteroatoms. The van der Waals surface area contributed by atoms with Crippen LogP contribution in [0.5, 0.6) is 0 Å². The van der Waals surface area contributed by atoms with Gasteiger partial charge in [0, 0.05) is 7.11 Å². The van der Waals surface area contributed by atoms with Gasteiger partial charge >= 0.3 is 0 Å². The molecule has 1 nitrogen and oxygen atoms in total. The van der Waals surface area contributed by atoms with E-state index >= 15 is 0 Å². The minimum Gasteiger partial charge on any atom is -0.376 e. The van der Waals surface area contributed by atoms with E-state index < -0.39 is 0 Å². The lowest BCUT2D eigenvalue weighted by atomic mass is 9.89. The van der Waals surface area contributed by atoms with E-state index in [9.17, 15) is 0 Å². The SMILES string of the molecule is CO[C@H]1c2ccccc2C[C@@H]2C[C@@H]21. The van der Waals surface area contributed by atoms with Crippen LogP contribution in [0, 0.1) is 11.8 Å². The summed E-state index contributed by atoms with van der Waals surface area (Å²) in [6.45, 7) is 0. The second-order valence-corrected chi connectivity index (χ2v) is 4.22. The van der Waals surface area contributed by atoms with Gasteiger partial charge in [-0.05, 0) is 35.8 Å². The molecule has 1 fully saturated rings. The predicted octanol–water partition coefficient (Wildman–Crippen LogP) is 2.57. The maximum atomic E-state index is 5.57. The first-order valence-corrected chi connectivity index (χ1v) is 5.00. The van der Waals surface area contributed by atoms with Crippen molar-refractivity contribution >= 4 is 0 Å². The molecule has 68 valence electrons. The summed E-state index contributed by atoms with van der Waals surface area (Å²) in [5.41, 5.74) is 2.94. The third-order valence-electron chi connectivity index (χ3n) is 3.46. The highest BCUT2D eigenvalue weighted by atomic mass is 16.5. The van der Waals surface area contributed by atoms with Gasteiger partial charge in [0.05, 0.1) is 6.10 Å². The first-order valence-electron chi connectivity index (χ1n) is 5.00. The molecule has 2 aliphatic carbocycles. The molecule has 0 unspecified atom stereocenters. The van der Waals surface area contributed by atoms with Crippen molar-refractivity contribution in [1.82, 2.24) is 0 Å². The fourth-order valence-electron chi connectivity index (χ4n) is 2.69. The number of hydrogen-bond acceptors (Lipinski definition) is 1. The standard InChI is InChI=1S/C12H14O/c1-13-12-10-5-3-2-4-8(10)6-9-7-11(9)12/h2-5,9,11-12H,6-7H2,1H3/t9-,11+,12+/m1/s1. The Morgan fingerprint density at radius 3 is 3.00 bits per heavy atom. The van der Waals surface area contributed by atoms with Crippen molar-refractivity contribution in [3.63, 3.8) is 0 Å². The number of methoxy groups -OCH3 is 1. The lowest BCUT2D eigenvalue weighted by molar-refractivity contribution is 0.0746. The van der Waals surface area contributed by atoms with Crippen molar-refractivity contribution < 1.29 is 4.74 Å². The van der Waals surface area contributed by atoms with Gasteiger partial charge in [-0.15, -0.1) is 0 Å². The van der Waals surface area contributed by atoms with E-state index in [4.69, 9.17) is 4.74 Å². The second kappa shape index (κ2) is 2.58. The van der Waals surface area contributed by atoms with Gasteiger partial charge in [-0.3, -0.25) is 0 Å². The molecular formula is C12H14O. The van der Waals surface area contributed by atoms with Crippen LogP contribution >= 0.6 is 0 Å². The summed E-state index contributed by atoms with van der Waals surface area (Å²) in [5.74, 6) is 1.74. The topological polar surface area (TPSA) is 9.23 Å². The summed E-state index contributed by atoms with van der Waals surface area (Å²) < 4.78 is 5.57. The molecule has 0 amide bonds. The van der Waals surface area contributed by atoms with E-state index in [-0.39, 0.29) is 0 Å². The summed E-state index contributed by atoms with van der Waals surface area (Å²) in [7, 11) is 1.84. The third kappa shape index (κ3) is 1.03. The smallest absolute Gasteiger partial charge is 0.0854 e. The molecule has 0 saturated heterocycles. The molecular weight excluding hydrogens is 160 g/mol. The average Bonchev–Trinajstić information content (AvgIpc) is 2.92. The Hall–Kier alpha value is -0.820. The molecule has 3 rings (SSSR count). The maximum absolute atomic E-state index is 5.57. The Morgan fingerprint density at radius 1 is 1.31 bits per heavy atom. The van der Waals surface area contributed by atoms with Gasteiger partial charge in [0.2, 0.25) is 0 Å². The van der Waals surface area contributed by atoms with Crippen LogP contribution < -0.4 is 0 Å². The molecule has 0 N–H and O–H groups in total. The van der Waals surface area contributed by atoms with Crippen LogP contribution in [0.3, 0.4) is 0 Å². The van der Waals surface area contributed by atoms with Gasteiger partial charge in [0.1, 0.15) is 0 Å². The van der Waals surface area contributed by atoms with Crippen LogP contribution in [-0.2, 0) is 11.2 Å². The highest BCUT2D eigenvalue weighted by Crippen LogP contribution is 2.54. The monoisotopic (exact) mass is 174 g/mol. The summed E-state index contributed by atoms with van der Waals surface area (Å²) >= 11 is 0. The number of ether oxygens (including phenoxy) is 1. The largest absolute Gasteiger partial charge is 0.376 e. The fraction of sp³-hybridized carbons (Fsp3) is 0.500. The lowest BCUT2D eigenvalue weighted by Crippen LogP contribution is -2.14. The summed E-state index contributed by atoms with van der Waals surface area (Å²) in [6.07, 6.45) is 3.03. The lowest BCUT2D eigenvalue weighted by Gasteiger charge is -2.23. The van der Waals surface area contributed by atoms with Gasteiger partial charge < -0.3 is 4.74 Å². The fourth-order valence-corrected chi connectivity index (χ4v) is 2.69. The van der Waals surface area contributed by atoms with Crippen LogP contribution in [0.4, 0.5) is 0 Å². The third-order valence-corrected chi connectivity index (χ3v) is 3.46. The van der Waals surface area contributed by atoms with Crippen LogP contribution in [0.25, 0.3) is 0 Å². The zero-order valence-corrected chi connectivity index (χ0v) is 7.86. The molecule has 13 heavy (non-hydrogen) atoms. The molecule has 0 aliphatic heterocycles. The number of hydrogen-bond donors (Lipinski definition) is 0. The molecule has 1 saturated carbocycles. The van der Waals surface area contributed by atoms with Gasteiger partial charge in [0.15, 0.2) is 0 Å². The van der Waals surface area contributed by atoms with Crippen molar-refractivity contribution in [1.29, 1.82) is 0 Å². The van der Waals surface area contributed by atoms with E-state index in [1.807, 2.05) is 7.11 Å². The summed E-state index contributed by atoms with van der Waals surface area (Å²) in [4.78, 5) is 0. The molecule has 0 spiro atoms. The van der Waals surface area contributed by atoms with Gasteiger partial charge in [-0.25, -0.2) is 0 Å². The van der Waals surface area contributed by atoms with E-state index in [1.165, 1.54) is 24.0 Å². The highest BCUT2D eigenvalue weighted by molar-refractivity contribution is 5.35. The van der Waals surface area contributed by atoms with Crippen LogP contribution in [0.15, 0.2) is 24.3 Å². The van der Waals surface area contributed by atoms with Crippen molar-refractivity contribution in [2.75, 3.05) is 7.11 Å². The van der Waals surface area contributed by atoms with E-state index in [2.05, 4.69) is 24.3 Å². The zero-order valence-electron chi connectivity index (χ0n) is 7.86. The summed E-state index contributed by atoms with van der Waals surface area (Å²) in [6, 6.07) is 8.72. The zero-order chi connectivity index (χ0) is 8.84. The molecule has 0 aromatic heterocycles. The minimum absolute atomic E-state index is 0.384. The minimum atomic E-state index is 0.384. The second-order valence-electron chi connectivity index (χ2n) is 4.22. The van der Waals surface area contributed by atoms with E-state index in [0.29, 0.717) is 6.10 Å². The Morgan fingerprint density at radius 2 is 2.15 bits per heavy atom. The molecule has 1 aromatic rings. The van der Waals surface area contributed by atoms with E-state index in [0.717, 1.165) is 11.8 Å². The van der Waals surface area contributed by atoms with E-state index in [1.54, 1.807) is 0 Å². The maximum Gasteiger partial charge on any atom is 0.0854 e. The van der Waals surface area contributed by atoms with Gasteiger partial charge in [-0.2, -0.15) is 0 Å². The first kappa shape index (κ1) is 7.57. The van der Waals surface area contributed by atoms with Crippen LogP contribution in [0.1, 0.15) is 23.7 Å². The van der Waals surface area contributed by atoms with Crippen LogP contribution in [0.2, 0.25) is 0 Å². The summed E-state index contributed by atoms with van der Waals surface area (Å²) in [5, 5.41) is 0. The molecule has 0 heterocycles. The predicted molar refractivity (Wildman–Crippen MR) is 51.5 cm³/mol. The normalized spacial score (nSPS) is 35.0. The van der Waals surface area contributed by atoms with Crippen LogP contribution in [-0.4, -0.2) is 7.11 Å². The Bertz CT molecular complexity index is 332.